The average Bonchev–Trinajstić information content (AvgIpc) is 2.73. The lowest BCUT2D eigenvalue weighted by Gasteiger charge is -2.15. The van der Waals surface area contributed by atoms with Crippen molar-refractivity contribution in [1.82, 2.24) is 0 Å². The van der Waals surface area contributed by atoms with Crippen molar-refractivity contribution in [1.29, 1.82) is 0 Å². The fourth-order valence-corrected chi connectivity index (χ4v) is 2.90. The summed E-state index contributed by atoms with van der Waals surface area (Å²) in [4.78, 5) is 25.9. The van der Waals surface area contributed by atoms with Gasteiger partial charge in [0, 0.05) is 14.3 Å². The largest absolute Gasteiger partial charge is 0.350 e. The molecule has 0 spiro atoms. The Bertz CT molecular complexity index is 834. The smallest absolute Gasteiger partial charge is 0.283 e. The van der Waals surface area contributed by atoms with Gasteiger partial charge in [0.2, 0.25) is 0 Å². The van der Waals surface area contributed by atoms with E-state index < -0.39 is 11.8 Å². The second-order valence-corrected chi connectivity index (χ2v) is 6.81. The van der Waals surface area contributed by atoms with Crippen LogP contribution in [-0.4, -0.2) is 11.8 Å². The Balaban J connectivity index is 1.91. The number of hydrogen-bond donors (Lipinski definition) is 1. The molecule has 2 amide bonds. The number of rotatable bonds is 3. The number of anilines is 2. The number of hydrogen-bond acceptors (Lipinski definition) is 3. The molecule has 0 aromatic heterocycles. The topological polar surface area (TPSA) is 49.4 Å². The van der Waals surface area contributed by atoms with Crippen LogP contribution in [0.3, 0.4) is 0 Å². The van der Waals surface area contributed by atoms with E-state index in [0.29, 0.717) is 16.4 Å². The summed E-state index contributed by atoms with van der Waals surface area (Å²) in [5, 5.41) is 3.20. The predicted octanol–water partition coefficient (Wildman–Crippen LogP) is 4.38. The molecule has 0 aliphatic carbocycles. The quantitative estimate of drug-likeness (QED) is 0.548. The normalized spacial score (nSPS) is 14.7. The number of nitrogens with one attached hydrogen (secondary N) is 1. The highest BCUT2D eigenvalue weighted by Gasteiger charge is 2.38. The molecule has 0 fully saturated rings. The maximum Gasteiger partial charge on any atom is 0.283 e. The molecule has 0 bridgehead atoms. The van der Waals surface area contributed by atoms with Crippen LogP contribution in [0, 0.1) is 3.57 Å². The molecule has 7 heteroatoms. The first-order chi connectivity index (χ1) is 11.0. The van der Waals surface area contributed by atoms with Gasteiger partial charge in [0.05, 0.1) is 5.69 Å². The van der Waals surface area contributed by atoms with Gasteiger partial charge < -0.3 is 5.32 Å². The number of nitrogens with zero attached hydrogens (tertiary/aromatic N) is 1. The summed E-state index contributed by atoms with van der Waals surface area (Å²) in [7, 11) is 0. The van der Waals surface area contributed by atoms with Gasteiger partial charge in [0.25, 0.3) is 11.8 Å². The summed E-state index contributed by atoms with van der Waals surface area (Å²) >= 11 is 14.2. The average molecular weight is 459 g/mol. The molecule has 0 radical (unpaired) electrons. The van der Waals surface area contributed by atoms with Crippen molar-refractivity contribution in [2.75, 3.05) is 10.2 Å². The lowest BCUT2D eigenvalue weighted by Crippen LogP contribution is -2.32. The minimum Gasteiger partial charge on any atom is -0.350 e. The molecule has 116 valence electrons. The molecule has 23 heavy (non-hydrogen) atoms. The molecule has 1 aliphatic rings. The van der Waals surface area contributed by atoms with Crippen LogP contribution in [0.25, 0.3) is 0 Å². The molecule has 2 aromatic carbocycles. The molecular weight excluding hydrogens is 450 g/mol. The van der Waals surface area contributed by atoms with Gasteiger partial charge in [0.15, 0.2) is 0 Å². The number of carbonyl (C=O) groups excluding carboxylic acids is 2. The Morgan fingerprint density at radius 3 is 2.30 bits per heavy atom. The Kier molecular flexibility index (Phi) is 4.61. The van der Waals surface area contributed by atoms with Gasteiger partial charge in [-0.25, -0.2) is 4.90 Å². The van der Waals surface area contributed by atoms with Crippen LogP contribution in [0.15, 0.2) is 59.3 Å². The van der Waals surface area contributed by atoms with Crippen LogP contribution in [-0.2, 0) is 9.59 Å². The van der Waals surface area contributed by atoms with E-state index in [-0.39, 0.29) is 10.7 Å². The fraction of sp³-hybridized carbons (Fsp3) is 0. The van der Waals surface area contributed by atoms with E-state index in [1.54, 1.807) is 30.3 Å². The van der Waals surface area contributed by atoms with Crippen LogP contribution in [0.1, 0.15) is 0 Å². The van der Waals surface area contributed by atoms with E-state index in [4.69, 9.17) is 23.2 Å². The van der Waals surface area contributed by atoms with Gasteiger partial charge in [-0.2, -0.15) is 0 Å². The first-order valence-electron chi connectivity index (χ1n) is 6.54. The van der Waals surface area contributed by atoms with E-state index in [0.717, 1.165) is 8.47 Å². The number of halogens is 3. The minimum atomic E-state index is -0.577. The Morgan fingerprint density at radius 1 is 0.957 bits per heavy atom. The number of benzene rings is 2. The monoisotopic (exact) mass is 458 g/mol. The third kappa shape index (κ3) is 3.22. The van der Waals surface area contributed by atoms with Crippen LogP contribution in [0.5, 0.6) is 0 Å². The zero-order valence-electron chi connectivity index (χ0n) is 11.5. The molecular formula is C16H9Cl2IN2O2. The van der Waals surface area contributed by atoms with E-state index in [2.05, 4.69) is 27.9 Å². The maximum absolute atomic E-state index is 12.6. The van der Waals surface area contributed by atoms with Crippen molar-refractivity contribution in [2.24, 2.45) is 0 Å². The van der Waals surface area contributed by atoms with Crippen molar-refractivity contribution in [3.8, 4) is 0 Å². The Labute approximate surface area is 156 Å². The van der Waals surface area contributed by atoms with Crippen molar-refractivity contribution in [2.45, 2.75) is 0 Å². The lowest BCUT2D eigenvalue weighted by atomic mass is 10.3. The summed E-state index contributed by atoms with van der Waals surface area (Å²) in [5.41, 5.74) is 1.11. The van der Waals surface area contributed by atoms with Gasteiger partial charge in [-0.1, -0.05) is 29.3 Å². The highest BCUT2D eigenvalue weighted by molar-refractivity contribution is 14.1. The highest BCUT2D eigenvalue weighted by atomic mass is 127. The summed E-state index contributed by atoms with van der Waals surface area (Å²) in [5.74, 6) is -1.09. The van der Waals surface area contributed by atoms with Crippen LogP contribution < -0.4 is 10.2 Å². The summed E-state index contributed by atoms with van der Waals surface area (Å²) in [6, 6.07) is 13.9. The van der Waals surface area contributed by atoms with Gasteiger partial charge >= 0.3 is 0 Å². The zero-order chi connectivity index (χ0) is 16.6. The highest BCUT2D eigenvalue weighted by Crippen LogP contribution is 2.31. The van der Waals surface area contributed by atoms with Crippen LogP contribution >= 0.6 is 45.8 Å². The van der Waals surface area contributed by atoms with Crippen LogP contribution in [0.2, 0.25) is 5.02 Å². The van der Waals surface area contributed by atoms with Crippen molar-refractivity contribution >= 4 is 69.0 Å². The molecule has 0 saturated heterocycles. The van der Waals surface area contributed by atoms with E-state index in [1.807, 2.05) is 12.1 Å². The minimum absolute atomic E-state index is 0.0536. The number of carbonyl (C=O) groups is 2. The summed E-state index contributed by atoms with van der Waals surface area (Å²) in [6.07, 6.45) is 0. The van der Waals surface area contributed by atoms with Gasteiger partial charge in [-0.15, -0.1) is 0 Å². The molecule has 1 aliphatic heterocycles. The standard InChI is InChI=1S/C16H9Cl2IN2O2/c17-9-2-1-3-12(8-9)21-15(22)13(18)14(16(21)23)20-11-6-4-10(19)5-7-11/h1-8,20H. The Hall–Kier alpha value is -1.57. The summed E-state index contributed by atoms with van der Waals surface area (Å²) < 4.78 is 1.06. The first kappa shape index (κ1) is 16.3. The van der Waals surface area contributed by atoms with Crippen molar-refractivity contribution in [3.05, 3.63) is 67.9 Å². The molecule has 0 atom stereocenters. The first-order valence-corrected chi connectivity index (χ1v) is 8.37. The number of imide groups is 1. The third-order valence-electron chi connectivity index (χ3n) is 3.21. The molecule has 0 saturated carbocycles. The molecule has 1 N–H and O–H groups in total. The third-order valence-corrected chi connectivity index (χ3v) is 4.51. The number of amides is 2. The van der Waals surface area contributed by atoms with E-state index in [9.17, 15) is 9.59 Å². The summed E-state index contributed by atoms with van der Waals surface area (Å²) in [6.45, 7) is 0. The second kappa shape index (κ2) is 6.51. The van der Waals surface area contributed by atoms with Gasteiger partial charge in [-0.3, -0.25) is 9.59 Å². The van der Waals surface area contributed by atoms with Gasteiger partial charge in [0.1, 0.15) is 10.7 Å². The van der Waals surface area contributed by atoms with Crippen molar-refractivity contribution < 1.29 is 9.59 Å². The SMILES string of the molecule is O=C1C(Cl)=C(Nc2ccc(I)cc2)C(=O)N1c1cccc(Cl)c1. The molecule has 0 unspecified atom stereocenters. The maximum atomic E-state index is 12.6. The van der Waals surface area contributed by atoms with E-state index in [1.165, 1.54) is 6.07 Å². The lowest BCUT2D eigenvalue weighted by molar-refractivity contribution is -0.120. The molecule has 2 aromatic rings. The molecule has 4 nitrogen and oxygen atoms in total. The van der Waals surface area contributed by atoms with Gasteiger partial charge in [-0.05, 0) is 65.1 Å². The van der Waals surface area contributed by atoms with E-state index >= 15 is 0 Å². The predicted molar refractivity (Wildman–Crippen MR) is 99.6 cm³/mol. The fourth-order valence-electron chi connectivity index (χ4n) is 2.14. The van der Waals surface area contributed by atoms with Crippen molar-refractivity contribution in [3.63, 3.8) is 0 Å². The van der Waals surface area contributed by atoms with Crippen LogP contribution in [0.4, 0.5) is 11.4 Å². The zero-order valence-corrected chi connectivity index (χ0v) is 15.2. The Morgan fingerprint density at radius 2 is 1.65 bits per heavy atom. The second-order valence-electron chi connectivity index (χ2n) is 4.75. The molecule has 1 heterocycles. The molecule has 3 rings (SSSR count).